The Hall–Kier alpha value is 0.610. The number of hydrogen-bond donors (Lipinski definition) is 0. The van der Waals surface area contributed by atoms with Crippen molar-refractivity contribution >= 4 is 45.2 Å². The van der Waals surface area contributed by atoms with Crippen molar-refractivity contribution < 1.29 is 4.39 Å². The van der Waals surface area contributed by atoms with Crippen LogP contribution in [-0.2, 0) is 1.68 Å². The zero-order valence-electron chi connectivity index (χ0n) is 5.94. The average Bonchev–Trinajstić information content (AvgIpc) is 1.86. The van der Waals surface area contributed by atoms with Crippen molar-refractivity contribution in [3.05, 3.63) is 35.4 Å². The summed E-state index contributed by atoms with van der Waals surface area (Å²) in [6.45, 7) is 1.99. The van der Waals surface area contributed by atoms with Crippen LogP contribution in [0.2, 0.25) is 0 Å². The predicted molar refractivity (Wildman–Crippen MR) is 62.0 cm³/mol. The quantitative estimate of drug-likeness (QED) is 0.515. The Morgan fingerprint density at radius 3 is 2.00 bits per heavy atom. The minimum Gasteiger partial charge on any atom is -0.215 e. The van der Waals surface area contributed by atoms with Crippen LogP contribution in [-0.4, -0.2) is 0 Å². The van der Waals surface area contributed by atoms with E-state index in [-0.39, 0.29) is 0 Å². The average molecular weight is 376 g/mol. The van der Waals surface area contributed by atoms with E-state index in [1.807, 2.05) is 31.2 Å². The van der Waals surface area contributed by atoms with E-state index in [9.17, 15) is 4.39 Å². The molecule has 11 heavy (non-hydrogen) atoms. The monoisotopic (exact) mass is 376 g/mol. The molecule has 3 heteroatoms. The third-order valence-electron chi connectivity index (χ3n) is 1.38. The van der Waals surface area contributed by atoms with Gasteiger partial charge in [0.2, 0.25) is 1.68 Å². The Labute approximate surface area is 92.9 Å². The number of benzene rings is 1. The molecule has 0 fully saturated rings. The van der Waals surface area contributed by atoms with E-state index in [1.54, 1.807) is 45.2 Å². The predicted octanol–water partition coefficient (Wildman–Crippen LogP) is 3.94. The van der Waals surface area contributed by atoms with E-state index in [4.69, 9.17) is 0 Å². The van der Waals surface area contributed by atoms with Gasteiger partial charge < -0.3 is 0 Å². The molecule has 0 spiro atoms. The fourth-order valence-corrected chi connectivity index (χ4v) is 1.46. The highest BCUT2D eigenvalue weighted by atomic mass is 127. The lowest BCUT2D eigenvalue weighted by Gasteiger charge is -2.09. The molecule has 0 amide bonds. The van der Waals surface area contributed by atoms with Gasteiger partial charge in [0.1, 0.15) is 0 Å². The smallest absolute Gasteiger partial charge is 0.215 e. The van der Waals surface area contributed by atoms with Crippen LogP contribution in [0.15, 0.2) is 24.3 Å². The summed E-state index contributed by atoms with van der Waals surface area (Å²) in [6, 6.07) is 7.46. The fourth-order valence-electron chi connectivity index (χ4n) is 0.743. The van der Waals surface area contributed by atoms with E-state index in [2.05, 4.69) is 0 Å². The van der Waals surface area contributed by atoms with Gasteiger partial charge in [-0.2, -0.15) is 0 Å². The van der Waals surface area contributed by atoms with E-state index < -0.39 is 1.68 Å². The summed E-state index contributed by atoms with van der Waals surface area (Å²) < 4.78 is 12.0. The molecule has 0 atom stereocenters. The maximum atomic E-state index is 13.2. The number of alkyl halides is 3. The van der Waals surface area contributed by atoms with Gasteiger partial charge in [0.25, 0.3) is 0 Å². The lowest BCUT2D eigenvalue weighted by molar-refractivity contribution is 0.469. The normalized spacial score (nSPS) is 11.6. The molecular formula is C8H7FI2. The summed E-state index contributed by atoms with van der Waals surface area (Å²) in [7, 11) is 0. The van der Waals surface area contributed by atoms with Crippen LogP contribution in [0.3, 0.4) is 0 Å². The molecule has 1 aromatic rings. The second-order valence-corrected chi connectivity index (χ2v) is 7.40. The van der Waals surface area contributed by atoms with Gasteiger partial charge >= 0.3 is 0 Å². The van der Waals surface area contributed by atoms with E-state index in [0.717, 1.165) is 5.56 Å². The number of rotatable bonds is 1. The highest BCUT2D eigenvalue weighted by Crippen LogP contribution is 2.40. The van der Waals surface area contributed by atoms with Crippen molar-refractivity contribution in [2.45, 2.75) is 8.61 Å². The van der Waals surface area contributed by atoms with Crippen molar-refractivity contribution in [3.8, 4) is 0 Å². The lowest BCUT2D eigenvalue weighted by atomic mass is 10.2. The van der Waals surface area contributed by atoms with Gasteiger partial charge in [0.05, 0.1) is 0 Å². The summed E-state index contributed by atoms with van der Waals surface area (Å²) in [5.41, 5.74) is 1.87. The summed E-state index contributed by atoms with van der Waals surface area (Å²) in [4.78, 5) is 0. The zero-order valence-corrected chi connectivity index (χ0v) is 10.3. The molecule has 0 N–H and O–H groups in total. The summed E-state index contributed by atoms with van der Waals surface area (Å²) in [5.74, 6) is 0. The molecular weight excluding hydrogens is 369 g/mol. The molecule has 60 valence electrons. The van der Waals surface area contributed by atoms with Crippen molar-refractivity contribution in [2.75, 3.05) is 0 Å². The third-order valence-corrected chi connectivity index (χ3v) is 2.62. The van der Waals surface area contributed by atoms with Crippen LogP contribution in [0.25, 0.3) is 0 Å². The molecule has 0 bridgehead atoms. The van der Waals surface area contributed by atoms with Crippen LogP contribution in [0.1, 0.15) is 11.1 Å². The molecule has 0 aromatic heterocycles. The molecule has 1 rings (SSSR count). The largest absolute Gasteiger partial charge is 0.235 e. The SMILES string of the molecule is Cc1ccc(C(F)(I)I)cc1. The van der Waals surface area contributed by atoms with Gasteiger partial charge in [-0.3, -0.25) is 0 Å². The van der Waals surface area contributed by atoms with Gasteiger partial charge in [-0.05, 0) is 52.1 Å². The van der Waals surface area contributed by atoms with Crippen molar-refractivity contribution in [2.24, 2.45) is 0 Å². The Kier molecular flexibility index (Phi) is 3.13. The van der Waals surface area contributed by atoms with Crippen LogP contribution in [0.5, 0.6) is 0 Å². The maximum absolute atomic E-state index is 13.2. The van der Waals surface area contributed by atoms with Crippen molar-refractivity contribution in [3.63, 3.8) is 0 Å². The molecule has 0 radical (unpaired) electrons. The summed E-state index contributed by atoms with van der Waals surface area (Å²) in [6.07, 6.45) is 0. The van der Waals surface area contributed by atoms with E-state index in [1.165, 1.54) is 0 Å². The van der Waals surface area contributed by atoms with Gasteiger partial charge in [0, 0.05) is 5.56 Å². The number of halogens is 3. The first-order valence-corrected chi connectivity index (χ1v) is 5.30. The first-order chi connectivity index (χ1) is 5.00. The molecule has 0 aliphatic carbocycles. The van der Waals surface area contributed by atoms with Gasteiger partial charge in [-0.15, -0.1) is 0 Å². The Balaban J connectivity index is 2.99. The zero-order chi connectivity index (χ0) is 8.48. The topological polar surface area (TPSA) is 0 Å². The standard InChI is InChI=1S/C8H7FI2/c1-6-2-4-7(5-3-6)8(9,10)11/h2-5H,1H3. The molecule has 0 nitrogen and oxygen atoms in total. The minimum atomic E-state index is -1.27. The molecule has 0 heterocycles. The summed E-state index contributed by atoms with van der Waals surface area (Å²) in [5, 5.41) is 0. The third kappa shape index (κ3) is 2.85. The van der Waals surface area contributed by atoms with E-state index >= 15 is 0 Å². The lowest BCUT2D eigenvalue weighted by Crippen LogP contribution is -1.98. The second kappa shape index (κ2) is 3.55. The molecule has 0 aliphatic heterocycles. The molecule has 0 saturated carbocycles. The molecule has 1 aromatic carbocycles. The maximum Gasteiger partial charge on any atom is 0.235 e. The highest BCUT2D eigenvalue weighted by molar-refractivity contribution is 14.2. The Morgan fingerprint density at radius 1 is 1.18 bits per heavy atom. The highest BCUT2D eigenvalue weighted by Gasteiger charge is 2.22. The molecule has 0 saturated heterocycles. The van der Waals surface area contributed by atoms with Crippen LogP contribution in [0.4, 0.5) is 4.39 Å². The Bertz CT molecular complexity index is 235. The minimum absolute atomic E-state index is 0.712. The van der Waals surface area contributed by atoms with Gasteiger partial charge in [-0.25, -0.2) is 4.39 Å². The first kappa shape index (κ1) is 9.70. The van der Waals surface area contributed by atoms with Crippen molar-refractivity contribution in [1.82, 2.24) is 0 Å². The molecule has 0 aliphatic rings. The number of aryl methyl sites for hydroxylation is 1. The second-order valence-electron chi connectivity index (χ2n) is 2.36. The number of hydrogen-bond acceptors (Lipinski definition) is 0. The van der Waals surface area contributed by atoms with Crippen LogP contribution >= 0.6 is 45.2 Å². The van der Waals surface area contributed by atoms with Crippen LogP contribution in [0, 0.1) is 6.92 Å². The van der Waals surface area contributed by atoms with Gasteiger partial charge in [-0.1, -0.05) is 29.8 Å². The molecule has 0 unspecified atom stereocenters. The van der Waals surface area contributed by atoms with Crippen LogP contribution < -0.4 is 0 Å². The Morgan fingerprint density at radius 2 is 1.64 bits per heavy atom. The first-order valence-electron chi connectivity index (χ1n) is 3.14. The van der Waals surface area contributed by atoms with Gasteiger partial charge in [0.15, 0.2) is 0 Å². The van der Waals surface area contributed by atoms with Crippen molar-refractivity contribution in [1.29, 1.82) is 0 Å². The fraction of sp³-hybridized carbons (Fsp3) is 0.250. The summed E-state index contributed by atoms with van der Waals surface area (Å²) >= 11 is 3.55. The van der Waals surface area contributed by atoms with E-state index in [0.29, 0.717) is 5.56 Å².